The van der Waals surface area contributed by atoms with Crippen molar-refractivity contribution >= 4 is 69.7 Å². The van der Waals surface area contributed by atoms with Gasteiger partial charge in [-0.1, -0.05) is 52.7 Å². The van der Waals surface area contributed by atoms with Gasteiger partial charge in [0.25, 0.3) is 11.2 Å². The zero-order valence-corrected chi connectivity index (χ0v) is 29.6. The number of hydrogen-bond acceptors (Lipinski definition) is 11. The number of thiazole rings is 1. The Balaban J connectivity index is 1.38. The topological polar surface area (TPSA) is 149 Å². The largest absolute Gasteiger partial charge is 0.463 e. The number of nitro groups is 1. The number of rotatable bonds is 9. The van der Waals surface area contributed by atoms with Crippen LogP contribution in [0, 0.1) is 10.1 Å². The molecule has 1 aliphatic rings. The molecule has 0 amide bonds. The van der Waals surface area contributed by atoms with Crippen molar-refractivity contribution in [3.05, 3.63) is 123 Å². The summed E-state index contributed by atoms with van der Waals surface area (Å²) in [5.41, 5.74) is 2.79. The van der Waals surface area contributed by atoms with Crippen LogP contribution in [0.15, 0.2) is 91.8 Å². The zero-order valence-electron chi connectivity index (χ0n) is 26.4. The summed E-state index contributed by atoms with van der Waals surface area (Å²) >= 11 is 14.4. The van der Waals surface area contributed by atoms with Gasteiger partial charge in [-0.25, -0.2) is 14.8 Å². The Bertz CT molecular complexity index is 2330. The van der Waals surface area contributed by atoms with Gasteiger partial charge in [-0.2, -0.15) is 0 Å². The fourth-order valence-electron chi connectivity index (χ4n) is 5.26. The average Bonchev–Trinajstić information content (AvgIpc) is 3.64. The molecule has 1 aliphatic heterocycles. The summed E-state index contributed by atoms with van der Waals surface area (Å²) in [6.07, 6.45) is 1.58. The summed E-state index contributed by atoms with van der Waals surface area (Å²) < 4.78 is 7.14. The number of nitrogens with one attached hydrogen (secondary N) is 1. The van der Waals surface area contributed by atoms with Gasteiger partial charge >= 0.3 is 5.97 Å². The van der Waals surface area contributed by atoms with Crippen molar-refractivity contribution in [2.45, 2.75) is 29.9 Å². The molecule has 6 rings (SSSR count). The second kappa shape index (κ2) is 14.0. The van der Waals surface area contributed by atoms with Crippen molar-refractivity contribution in [1.82, 2.24) is 19.7 Å². The van der Waals surface area contributed by atoms with Gasteiger partial charge in [-0.15, -0.1) is 5.10 Å². The third kappa shape index (κ3) is 6.90. The number of hydrogen-bond donors (Lipinski definition) is 1. The maximum Gasteiger partial charge on any atom is 0.338 e. The molecule has 250 valence electrons. The van der Waals surface area contributed by atoms with Crippen LogP contribution in [0.2, 0.25) is 10.0 Å². The van der Waals surface area contributed by atoms with E-state index < -0.39 is 22.5 Å². The Hall–Kier alpha value is -4.76. The SMILES string of the molecule is CCOC(=O)C1=C(C)N=c2s/c(=C/c3ccc(Sc4n[nH]c(-c5ccc(Cl)cc5Cl)n4)c([N+](=O)[O-])c3)c(=O)n2[C@H]1c1ccc(N(C)C)cc1. The Kier molecular flexibility index (Phi) is 9.75. The lowest BCUT2D eigenvalue weighted by molar-refractivity contribution is -0.387. The molecule has 5 aromatic rings. The second-order valence-corrected chi connectivity index (χ2v) is 13.8. The first kappa shape index (κ1) is 34.1. The van der Waals surface area contributed by atoms with E-state index in [0.717, 1.165) is 28.8 Å². The first-order valence-corrected chi connectivity index (χ1v) is 17.1. The van der Waals surface area contributed by atoms with Crippen molar-refractivity contribution in [3.8, 4) is 11.4 Å². The van der Waals surface area contributed by atoms with Crippen LogP contribution in [0.5, 0.6) is 0 Å². The zero-order chi connectivity index (χ0) is 35.0. The summed E-state index contributed by atoms with van der Waals surface area (Å²) in [6.45, 7) is 3.59. The van der Waals surface area contributed by atoms with E-state index in [1.807, 2.05) is 43.3 Å². The van der Waals surface area contributed by atoms with E-state index in [9.17, 15) is 19.7 Å². The van der Waals surface area contributed by atoms with Crippen LogP contribution in [0.4, 0.5) is 11.4 Å². The van der Waals surface area contributed by atoms with E-state index in [0.29, 0.717) is 52.5 Å². The number of aromatic amines is 1. The molecular weight excluding hydrogens is 709 g/mol. The van der Waals surface area contributed by atoms with E-state index in [-0.39, 0.29) is 23.0 Å². The number of fused-ring (bicyclic) bond motifs is 1. The molecule has 0 saturated heterocycles. The van der Waals surface area contributed by atoms with Crippen molar-refractivity contribution < 1.29 is 14.5 Å². The molecule has 16 heteroatoms. The standard InChI is InChI=1S/C33H27Cl2N7O5S2/c1-5-47-31(44)27-17(2)36-33-41(28(27)19-7-10-21(11-8-19)40(3)4)30(43)26(49-33)15-18-6-13-25(24(14-18)42(45)46)48-32-37-29(38-39-32)22-12-9-20(34)16-23(22)35/h6-16,28H,5H2,1-4H3,(H,37,38,39)/b26-15+/t28-/m0/s1. The molecule has 0 aliphatic carbocycles. The molecule has 0 radical (unpaired) electrons. The van der Waals surface area contributed by atoms with Crippen molar-refractivity contribution in [2.75, 3.05) is 25.6 Å². The number of nitrogens with zero attached hydrogens (tertiary/aromatic N) is 6. The molecule has 0 fully saturated rings. The van der Waals surface area contributed by atoms with Crippen LogP contribution in [0.3, 0.4) is 0 Å². The van der Waals surface area contributed by atoms with Crippen molar-refractivity contribution in [1.29, 1.82) is 0 Å². The van der Waals surface area contributed by atoms with Gasteiger partial charge in [0, 0.05) is 36.4 Å². The Morgan fingerprint density at radius 3 is 2.59 bits per heavy atom. The van der Waals surface area contributed by atoms with Crippen LogP contribution >= 0.6 is 46.3 Å². The van der Waals surface area contributed by atoms with Gasteiger partial charge in [0.1, 0.15) is 0 Å². The maximum atomic E-state index is 14.0. The minimum absolute atomic E-state index is 0.160. The third-order valence-electron chi connectivity index (χ3n) is 7.57. The smallest absolute Gasteiger partial charge is 0.338 e. The fraction of sp³-hybridized carbons (Fsp3) is 0.182. The van der Waals surface area contributed by atoms with Gasteiger partial charge < -0.3 is 9.64 Å². The highest BCUT2D eigenvalue weighted by Gasteiger charge is 2.33. The molecule has 1 N–H and O–H groups in total. The minimum atomic E-state index is -0.782. The van der Waals surface area contributed by atoms with Crippen LogP contribution in [-0.4, -0.2) is 51.3 Å². The van der Waals surface area contributed by atoms with Crippen LogP contribution in [0.1, 0.15) is 31.0 Å². The lowest BCUT2D eigenvalue weighted by atomic mass is 9.95. The van der Waals surface area contributed by atoms with Gasteiger partial charge in [-0.3, -0.25) is 24.6 Å². The summed E-state index contributed by atoms with van der Waals surface area (Å²) in [5, 5.41) is 20.3. The number of esters is 1. The predicted molar refractivity (Wildman–Crippen MR) is 190 cm³/mol. The van der Waals surface area contributed by atoms with E-state index in [1.54, 1.807) is 50.3 Å². The molecule has 49 heavy (non-hydrogen) atoms. The predicted octanol–water partition coefficient (Wildman–Crippen LogP) is 6.02. The summed E-state index contributed by atoms with van der Waals surface area (Å²) in [7, 11) is 3.84. The quantitative estimate of drug-likeness (QED) is 0.109. The van der Waals surface area contributed by atoms with Gasteiger partial charge in [0.05, 0.1) is 43.3 Å². The van der Waals surface area contributed by atoms with E-state index in [1.165, 1.54) is 10.6 Å². The number of H-pyrrole nitrogens is 1. The van der Waals surface area contributed by atoms with Crippen LogP contribution in [-0.2, 0) is 9.53 Å². The van der Waals surface area contributed by atoms with Crippen molar-refractivity contribution in [3.63, 3.8) is 0 Å². The first-order valence-electron chi connectivity index (χ1n) is 14.8. The van der Waals surface area contributed by atoms with E-state index >= 15 is 0 Å². The number of halogens is 2. The van der Waals surface area contributed by atoms with E-state index in [4.69, 9.17) is 27.9 Å². The highest BCUT2D eigenvalue weighted by Crippen LogP contribution is 2.36. The number of allylic oxidation sites excluding steroid dienone is 1. The number of ether oxygens (including phenoxy) is 1. The molecule has 0 saturated carbocycles. The Morgan fingerprint density at radius 2 is 1.92 bits per heavy atom. The maximum absolute atomic E-state index is 14.0. The Labute approximate surface area is 297 Å². The second-order valence-electron chi connectivity index (χ2n) is 11.0. The normalized spacial score (nSPS) is 14.4. The van der Waals surface area contributed by atoms with Gasteiger partial charge in [0.15, 0.2) is 10.6 Å². The number of carbonyl (C=O) groups excluding carboxylic acids is 1. The number of anilines is 1. The number of aromatic nitrogens is 4. The van der Waals surface area contributed by atoms with Gasteiger partial charge in [-0.05, 0) is 79.2 Å². The first-order chi connectivity index (χ1) is 23.4. The fourth-order valence-corrected chi connectivity index (χ4v) is 7.60. The molecule has 1 atom stereocenters. The summed E-state index contributed by atoms with van der Waals surface area (Å²) in [5.74, 6) is -0.176. The Morgan fingerprint density at radius 1 is 1.16 bits per heavy atom. The minimum Gasteiger partial charge on any atom is -0.463 e. The summed E-state index contributed by atoms with van der Waals surface area (Å²) in [6, 6.07) is 16.4. The monoisotopic (exact) mass is 735 g/mol. The molecular formula is C33H27Cl2N7O5S2. The van der Waals surface area contributed by atoms with Crippen LogP contribution in [0.25, 0.3) is 17.5 Å². The lowest BCUT2D eigenvalue weighted by Gasteiger charge is -2.25. The number of carbonyl (C=O) groups is 1. The molecule has 3 aromatic carbocycles. The van der Waals surface area contributed by atoms with Crippen LogP contribution < -0.4 is 19.8 Å². The number of nitro benzene ring substituents is 1. The third-order valence-corrected chi connectivity index (χ3v) is 10.0. The molecule has 2 aromatic heterocycles. The lowest BCUT2D eigenvalue weighted by Crippen LogP contribution is -2.39. The number of benzene rings is 3. The molecule has 3 heterocycles. The van der Waals surface area contributed by atoms with E-state index in [2.05, 4.69) is 20.2 Å². The van der Waals surface area contributed by atoms with Gasteiger partial charge in [0.2, 0.25) is 5.16 Å². The average molecular weight is 737 g/mol. The molecule has 0 spiro atoms. The molecule has 0 bridgehead atoms. The highest BCUT2D eigenvalue weighted by atomic mass is 35.5. The molecule has 0 unspecified atom stereocenters. The summed E-state index contributed by atoms with van der Waals surface area (Å²) in [4.78, 5) is 50.6. The van der Waals surface area contributed by atoms with Crippen molar-refractivity contribution in [2.24, 2.45) is 4.99 Å². The highest BCUT2D eigenvalue weighted by molar-refractivity contribution is 7.99. The molecule has 12 nitrogen and oxygen atoms in total.